The molecule has 9 heteroatoms. The van der Waals surface area contributed by atoms with Gasteiger partial charge >= 0.3 is 6.18 Å². The van der Waals surface area contributed by atoms with E-state index in [1.54, 1.807) is 0 Å². The van der Waals surface area contributed by atoms with Gasteiger partial charge in [0.2, 0.25) is 10.4 Å². The summed E-state index contributed by atoms with van der Waals surface area (Å²) in [6.07, 6.45) is -4.56. The molecule has 0 radical (unpaired) electrons. The van der Waals surface area contributed by atoms with Crippen LogP contribution in [0.15, 0.2) is 24.3 Å². The Morgan fingerprint density at radius 3 is 2.42 bits per heavy atom. The van der Waals surface area contributed by atoms with Crippen LogP contribution in [0.2, 0.25) is 10.4 Å². The first-order valence-electron chi connectivity index (χ1n) is 4.77. The van der Waals surface area contributed by atoms with Gasteiger partial charge in [0.15, 0.2) is 0 Å². The van der Waals surface area contributed by atoms with Gasteiger partial charge in [0, 0.05) is 0 Å². The molecule has 0 spiro atoms. The summed E-state index contributed by atoms with van der Waals surface area (Å²) in [4.78, 5) is 3.56. The van der Waals surface area contributed by atoms with Gasteiger partial charge in [-0.1, -0.05) is 23.7 Å². The molecule has 0 aliphatic rings. The van der Waals surface area contributed by atoms with E-state index < -0.39 is 17.5 Å². The van der Waals surface area contributed by atoms with Crippen molar-refractivity contribution >= 4 is 23.2 Å². The number of aromatic nitrogens is 3. The number of ether oxygens (including phenoxy) is 1. The molecule has 0 fully saturated rings. The zero-order chi connectivity index (χ0) is 14.0. The first-order valence-corrected chi connectivity index (χ1v) is 5.53. The molecule has 100 valence electrons. The van der Waals surface area contributed by atoms with E-state index in [2.05, 4.69) is 15.2 Å². The van der Waals surface area contributed by atoms with Crippen LogP contribution in [0, 0.1) is 0 Å². The van der Waals surface area contributed by atoms with Crippen LogP contribution in [0.5, 0.6) is 11.6 Å². The Balaban J connectivity index is 2.41. The Labute approximate surface area is 115 Å². The lowest BCUT2D eigenvalue weighted by Crippen LogP contribution is -2.07. The molecule has 0 saturated heterocycles. The van der Waals surface area contributed by atoms with Crippen molar-refractivity contribution in [2.24, 2.45) is 0 Å². The van der Waals surface area contributed by atoms with Gasteiger partial charge in [0.1, 0.15) is 5.75 Å². The number of nitrogens with zero attached hydrogens (tertiary/aromatic N) is 3. The molecule has 0 saturated carbocycles. The molecule has 19 heavy (non-hydrogen) atoms. The van der Waals surface area contributed by atoms with Gasteiger partial charge < -0.3 is 4.74 Å². The third-order valence-corrected chi connectivity index (χ3v) is 2.39. The Morgan fingerprint density at radius 2 is 1.74 bits per heavy atom. The summed E-state index contributed by atoms with van der Waals surface area (Å²) >= 11 is 11.1. The highest BCUT2D eigenvalue weighted by atomic mass is 35.5. The van der Waals surface area contributed by atoms with Crippen molar-refractivity contribution < 1.29 is 17.9 Å². The van der Waals surface area contributed by atoms with E-state index in [0.717, 1.165) is 12.1 Å². The van der Waals surface area contributed by atoms with Gasteiger partial charge in [-0.05, 0) is 23.7 Å². The normalized spacial score (nSPS) is 11.4. The molecule has 4 nitrogen and oxygen atoms in total. The van der Waals surface area contributed by atoms with E-state index in [9.17, 15) is 13.2 Å². The molecular formula is C10H4Cl2F3N3O. The van der Waals surface area contributed by atoms with Crippen molar-refractivity contribution in [2.75, 3.05) is 0 Å². The van der Waals surface area contributed by atoms with Crippen molar-refractivity contribution in [3.8, 4) is 11.6 Å². The van der Waals surface area contributed by atoms with Crippen LogP contribution in [0.1, 0.15) is 5.56 Å². The number of alkyl halides is 3. The van der Waals surface area contributed by atoms with E-state index >= 15 is 0 Å². The molecule has 1 aromatic heterocycles. The van der Waals surface area contributed by atoms with E-state index in [-0.39, 0.29) is 16.3 Å². The van der Waals surface area contributed by atoms with E-state index in [1.165, 1.54) is 12.1 Å². The van der Waals surface area contributed by atoms with Gasteiger partial charge in [0.05, 0.1) is 5.56 Å². The summed E-state index contributed by atoms with van der Waals surface area (Å²) in [5.41, 5.74) is -0.958. The quantitative estimate of drug-likeness (QED) is 0.841. The van der Waals surface area contributed by atoms with Crippen molar-refractivity contribution in [3.05, 3.63) is 40.3 Å². The Kier molecular flexibility index (Phi) is 3.77. The highest BCUT2D eigenvalue weighted by molar-refractivity contribution is 6.31. The van der Waals surface area contributed by atoms with Crippen molar-refractivity contribution in [1.82, 2.24) is 15.2 Å². The molecule has 0 bridgehead atoms. The zero-order valence-corrected chi connectivity index (χ0v) is 10.5. The molecule has 2 rings (SSSR count). The van der Waals surface area contributed by atoms with Crippen LogP contribution in [-0.2, 0) is 6.18 Å². The summed E-state index contributed by atoms with van der Waals surface area (Å²) in [6, 6.07) is 4.63. The summed E-state index contributed by atoms with van der Waals surface area (Å²) in [7, 11) is 0. The molecule has 0 amide bonds. The maximum atomic E-state index is 12.7. The molecule has 2 aromatic rings. The number of hydrogen-bond donors (Lipinski definition) is 0. The van der Waals surface area contributed by atoms with E-state index in [1.807, 2.05) is 0 Å². The third kappa shape index (κ3) is 3.24. The van der Waals surface area contributed by atoms with Crippen LogP contribution >= 0.6 is 23.2 Å². The van der Waals surface area contributed by atoms with Gasteiger partial charge in [0.25, 0.3) is 5.88 Å². The molecule has 0 N–H and O–H groups in total. The van der Waals surface area contributed by atoms with Crippen LogP contribution in [0.3, 0.4) is 0 Å². The van der Waals surface area contributed by atoms with Crippen molar-refractivity contribution in [1.29, 1.82) is 0 Å². The first-order chi connectivity index (χ1) is 8.88. The minimum Gasteiger partial charge on any atom is -0.436 e. The minimum atomic E-state index is -4.56. The summed E-state index contributed by atoms with van der Waals surface area (Å²) < 4.78 is 43.2. The number of hydrogen-bond acceptors (Lipinski definition) is 4. The van der Waals surface area contributed by atoms with Crippen LogP contribution in [0.25, 0.3) is 0 Å². The fourth-order valence-electron chi connectivity index (χ4n) is 1.24. The maximum Gasteiger partial charge on any atom is 0.419 e. The lowest BCUT2D eigenvalue weighted by atomic mass is 10.2. The molecule has 0 unspecified atom stereocenters. The highest BCUT2D eigenvalue weighted by Crippen LogP contribution is 2.38. The maximum absolute atomic E-state index is 12.7. The molecular weight excluding hydrogens is 306 g/mol. The number of para-hydroxylation sites is 1. The van der Waals surface area contributed by atoms with Gasteiger partial charge in [-0.25, -0.2) is 0 Å². The number of halogens is 5. The second kappa shape index (κ2) is 5.18. The Hall–Kier alpha value is -1.60. The van der Waals surface area contributed by atoms with Crippen molar-refractivity contribution in [3.63, 3.8) is 0 Å². The summed E-state index contributed by atoms with van der Waals surface area (Å²) in [5, 5.41) is 6.13. The predicted molar refractivity (Wildman–Crippen MR) is 61.4 cm³/mol. The predicted octanol–water partition coefficient (Wildman–Crippen LogP) is 3.99. The molecule has 0 aliphatic heterocycles. The zero-order valence-electron chi connectivity index (χ0n) is 8.95. The largest absolute Gasteiger partial charge is 0.436 e. The minimum absolute atomic E-state index is 0.288. The van der Waals surface area contributed by atoms with Crippen LogP contribution < -0.4 is 4.74 Å². The van der Waals surface area contributed by atoms with E-state index in [4.69, 9.17) is 27.9 Å². The Bertz CT molecular complexity index is 607. The molecule has 1 heterocycles. The molecule has 0 aliphatic carbocycles. The standard InChI is InChI=1S/C10H4Cl2F3N3O/c11-7-8(16-9(12)18-17-7)19-6-4-2-1-3-5(6)10(13,14)15/h1-4H. The van der Waals surface area contributed by atoms with Crippen LogP contribution in [0.4, 0.5) is 13.2 Å². The molecule has 1 aromatic carbocycles. The fraction of sp³-hybridized carbons (Fsp3) is 0.100. The first kappa shape index (κ1) is 13.8. The lowest BCUT2D eigenvalue weighted by molar-refractivity contribution is -0.138. The topological polar surface area (TPSA) is 47.9 Å². The van der Waals surface area contributed by atoms with Gasteiger partial charge in [-0.3, -0.25) is 0 Å². The smallest absolute Gasteiger partial charge is 0.419 e. The molecule has 0 atom stereocenters. The Morgan fingerprint density at radius 1 is 1.05 bits per heavy atom. The second-order valence-electron chi connectivity index (χ2n) is 3.27. The monoisotopic (exact) mass is 309 g/mol. The third-order valence-electron chi connectivity index (χ3n) is 1.99. The van der Waals surface area contributed by atoms with E-state index in [0.29, 0.717) is 0 Å². The average Bonchev–Trinajstić information content (AvgIpc) is 2.33. The average molecular weight is 310 g/mol. The van der Waals surface area contributed by atoms with Crippen LogP contribution in [-0.4, -0.2) is 15.2 Å². The SMILES string of the molecule is FC(F)(F)c1ccccc1Oc1nc(Cl)nnc1Cl. The fourth-order valence-corrected chi connectivity index (χ4v) is 1.47. The van der Waals surface area contributed by atoms with Gasteiger partial charge in [-0.2, -0.15) is 18.2 Å². The number of benzene rings is 1. The summed E-state index contributed by atoms with van der Waals surface area (Å²) in [6.45, 7) is 0. The lowest BCUT2D eigenvalue weighted by Gasteiger charge is -2.12. The van der Waals surface area contributed by atoms with Gasteiger partial charge in [-0.15, -0.1) is 10.2 Å². The highest BCUT2D eigenvalue weighted by Gasteiger charge is 2.34. The number of rotatable bonds is 2. The summed E-state index contributed by atoms with van der Waals surface area (Å²) in [5.74, 6) is -0.799. The van der Waals surface area contributed by atoms with Crippen molar-refractivity contribution in [2.45, 2.75) is 6.18 Å². The second-order valence-corrected chi connectivity index (χ2v) is 3.97.